The molecule has 0 aliphatic rings. The van der Waals surface area contributed by atoms with Crippen molar-refractivity contribution in [3.8, 4) is 0 Å². The molecule has 0 saturated heterocycles. The average molecular weight is 422 g/mol. The molecule has 1 aromatic heterocycles. The summed E-state index contributed by atoms with van der Waals surface area (Å²) < 4.78 is 28.7. The second kappa shape index (κ2) is 6.07. The van der Waals surface area contributed by atoms with Crippen LogP contribution in [-0.4, -0.2) is 34.3 Å². The number of carboxylic acids is 1. The van der Waals surface area contributed by atoms with Gasteiger partial charge in [0.2, 0.25) is 10.0 Å². The third-order valence-corrected chi connectivity index (χ3v) is 5.04. The first kappa shape index (κ1) is 15.9. The van der Waals surface area contributed by atoms with Gasteiger partial charge < -0.3 is 9.67 Å². The van der Waals surface area contributed by atoms with Crippen LogP contribution in [0, 0.1) is 3.57 Å². The highest BCUT2D eigenvalue weighted by Gasteiger charge is 2.18. The molecular weight excluding hydrogens is 411 g/mol. The minimum atomic E-state index is -3.82. The summed E-state index contributed by atoms with van der Waals surface area (Å²) in [5, 5.41) is 16.4. The maximum atomic E-state index is 12.2. The Kier molecular flexibility index (Phi) is 4.58. The van der Waals surface area contributed by atoms with Gasteiger partial charge in [-0.2, -0.15) is 0 Å². The first-order valence-corrected chi connectivity index (χ1v) is 8.23. The van der Waals surface area contributed by atoms with E-state index in [9.17, 15) is 13.2 Å². The Labute approximate surface area is 134 Å². The van der Waals surface area contributed by atoms with Crippen molar-refractivity contribution in [1.29, 1.82) is 0 Å². The first-order chi connectivity index (χ1) is 9.81. The number of nitrogens with zero attached hydrogens (tertiary/aromatic N) is 3. The molecule has 0 bridgehead atoms. The molecule has 0 fully saturated rings. The molecular formula is C11H11IN4O4S. The van der Waals surface area contributed by atoms with Gasteiger partial charge in [0, 0.05) is 10.6 Å². The highest BCUT2D eigenvalue weighted by molar-refractivity contribution is 14.1. The van der Waals surface area contributed by atoms with Gasteiger partial charge in [0.1, 0.15) is 12.2 Å². The minimum absolute atomic E-state index is 0.0345. The van der Waals surface area contributed by atoms with Crippen molar-refractivity contribution in [3.63, 3.8) is 0 Å². The second-order valence-corrected chi connectivity index (χ2v) is 7.06. The number of halogens is 1. The van der Waals surface area contributed by atoms with Gasteiger partial charge in [-0.15, -0.1) is 10.2 Å². The van der Waals surface area contributed by atoms with E-state index in [-0.39, 0.29) is 17.0 Å². The van der Waals surface area contributed by atoms with Gasteiger partial charge in [-0.1, -0.05) is 0 Å². The molecule has 0 aliphatic carbocycles. The number of benzene rings is 1. The molecule has 0 spiro atoms. The van der Waals surface area contributed by atoms with Gasteiger partial charge in [0.05, 0.1) is 17.0 Å². The van der Waals surface area contributed by atoms with Crippen molar-refractivity contribution in [2.45, 2.75) is 11.4 Å². The molecule has 0 saturated carbocycles. The summed E-state index contributed by atoms with van der Waals surface area (Å²) in [6.07, 6.45) is 1.46. The summed E-state index contributed by atoms with van der Waals surface area (Å²) in [6, 6.07) is 3.93. The Hall–Kier alpha value is -1.53. The SMILES string of the molecule is Cn1cnnc1CNS(=O)(=O)c1ccc(I)c(C(=O)O)c1. The van der Waals surface area contributed by atoms with Gasteiger partial charge in [0.25, 0.3) is 0 Å². The molecule has 0 atom stereocenters. The first-order valence-electron chi connectivity index (χ1n) is 5.66. The predicted octanol–water partition coefficient (Wildman–Crippen LogP) is 0.596. The van der Waals surface area contributed by atoms with Gasteiger partial charge >= 0.3 is 5.97 Å². The summed E-state index contributed by atoms with van der Waals surface area (Å²) in [4.78, 5) is 10.9. The Morgan fingerprint density at radius 3 is 2.76 bits per heavy atom. The van der Waals surface area contributed by atoms with Crippen LogP contribution in [-0.2, 0) is 23.6 Å². The predicted molar refractivity (Wildman–Crippen MR) is 81.1 cm³/mol. The molecule has 1 heterocycles. The molecule has 112 valence electrons. The van der Waals surface area contributed by atoms with E-state index in [2.05, 4.69) is 14.9 Å². The quantitative estimate of drug-likeness (QED) is 0.683. The summed E-state index contributed by atoms with van der Waals surface area (Å²) in [5.41, 5.74) is -0.0582. The Morgan fingerprint density at radius 1 is 1.48 bits per heavy atom. The van der Waals surface area contributed by atoms with Crippen LogP contribution in [0.1, 0.15) is 16.2 Å². The molecule has 2 aromatic rings. The van der Waals surface area contributed by atoms with Crippen molar-refractivity contribution < 1.29 is 18.3 Å². The molecule has 0 unspecified atom stereocenters. The monoisotopic (exact) mass is 422 g/mol. The number of carboxylic acid groups (broad SMARTS) is 1. The smallest absolute Gasteiger partial charge is 0.336 e. The number of aromatic nitrogens is 3. The molecule has 21 heavy (non-hydrogen) atoms. The van der Waals surface area contributed by atoms with E-state index in [0.717, 1.165) is 6.07 Å². The van der Waals surface area contributed by atoms with Crippen LogP contribution in [0.25, 0.3) is 0 Å². The highest BCUT2D eigenvalue weighted by Crippen LogP contribution is 2.18. The van der Waals surface area contributed by atoms with E-state index >= 15 is 0 Å². The molecule has 1 aromatic carbocycles. The topological polar surface area (TPSA) is 114 Å². The largest absolute Gasteiger partial charge is 0.478 e. The van der Waals surface area contributed by atoms with Crippen molar-refractivity contribution in [3.05, 3.63) is 39.5 Å². The van der Waals surface area contributed by atoms with Crippen molar-refractivity contribution in [1.82, 2.24) is 19.5 Å². The highest BCUT2D eigenvalue weighted by atomic mass is 127. The zero-order chi connectivity index (χ0) is 15.6. The summed E-state index contributed by atoms with van der Waals surface area (Å²) in [7, 11) is -2.13. The van der Waals surface area contributed by atoms with Crippen LogP contribution >= 0.6 is 22.6 Å². The lowest BCUT2D eigenvalue weighted by molar-refractivity contribution is 0.0695. The van der Waals surface area contributed by atoms with Gasteiger partial charge in [0.15, 0.2) is 0 Å². The Bertz CT molecular complexity index is 787. The second-order valence-electron chi connectivity index (χ2n) is 4.13. The van der Waals surface area contributed by atoms with Crippen molar-refractivity contribution in [2.24, 2.45) is 7.05 Å². The maximum absolute atomic E-state index is 12.2. The summed E-state index contributed by atoms with van der Waals surface area (Å²) in [6.45, 7) is -0.0345. The van der Waals surface area contributed by atoms with Crippen LogP contribution in [0.3, 0.4) is 0 Å². The van der Waals surface area contributed by atoms with Gasteiger partial charge in [-0.25, -0.2) is 17.9 Å². The number of hydrogen-bond acceptors (Lipinski definition) is 5. The maximum Gasteiger partial charge on any atom is 0.336 e. The zero-order valence-corrected chi connectivity index (χ0v) is 13.8. The van der Waals surface area contributed by atoms with E-state index in [1.54, 1.807) is 11.6 Å². The molecule has 0 aliphatic heterocycles. The van der Waals surface area contributed by atoms with E-state index < -0.39 is 16.0 Å². The third-order valence-electron chi connectivity index (χ3n) is 2.70. The molecule has 2 N–H and O–H groups in total. The zero-order valence-electron chi connectivity index (χ0n) is 10.8. The number of carbonyl (C=O) groups is 1. The van der Waals surface area contributed by atoms with Crippen molar-refractivity contribution >= 4 is 38.6 Å². The number of aryl methyl sites for hydroxylation is 1. The van der Waals surface area contributed by atoms with Crippen LogP contribution in [0.2, 0.25) is 0 Å². The standard InChI is InChI=1S/C11H11IN4O4S/c1-16-6-13-15-10(16)5-14-21(19,20)7-2-3-9(12)8(4-7)11(17)18/h2-4,6,14H,5H2,1H3,(H,17,18). The fourth-order valence-electron chi connectivity index (χ4n) is 1.55. The van der Waals surface area contributed by atoms with Crippen molar-refractivity contribution in [2.75, 3.05) is 0 Å². The van der Waals surface area contributed by atoms with Crippen LogP contribution in [0.15, 0.2) is 29.4 Å². The molecule has 10 heteroatoms. The summed E-state index contributed by atoms with van der Waals surface area (Å²) >= 11 is 1.84. The third kappa shape index (κ3) is 3.57. The lowest BCUT2D eigenvalue weighted by Gasteiger charge is -2.08. The number of sulfonamides is 1. The fourth-order valence-corrected chi connectivity index (χ4v) is 3.12. The molecule has 0 radical (unpaired) electrons. The average Bonchev–Trinajstić information content (AvgIpc) is 2.82. The van der Waals surface area contributed by atoms with Gasteiger partial charge in [-0.05, 0) is 40.8 Å². The number of aromatic carboxylic acids is 1. The van der Waals surface area contributed by atoms with Crippen LogP contribution in [0.4, 0.5) is 0 Å². The van der Waals surface area contributed by atoms with E-state index in [0.29, 0.717) is 9.39 Å². The lowest BCUT2D eigenvalue weighted by Crippen LogP contribution is -2.25. The lowest BCUT2D eigenvalue weighted by atomic mass is 10.2. The van der Waals surface area contributed by atoms with Crippen LogP contribution in [0.5, 0.6) is 0 Å². The Morgan fingerprint density at radius 2 is 2.19 bits per heavy atom. The van der Waals surface area contributed by atoms with E-state index in [4.69, 9.17) is 5.11 Å². The number of rotatable bonds is 5. The molecule has 8 nitrogen and oxygen atoms in total. The Balaban J connectivity index is 2.26. The summed E-state index contributed by atoms with van der Waals surface area (Å²) in [5.74, 6) is -0.729. The number of nitrogens with one attached hydrogen (secondary N) is 1. The van der Waals surface area contributed by atoms with Crippen LogP contribution < -0.4 is 4.72 Å². The molecule has 0 amide bonds. The van der Waals surface area contributed by atoms with E-state index in [1.807, 2.05) is 22.6 Å². The molecule has 2 rings (SSSR count). The minimum Gasteiger partial charge on any atom is -0.478 e. The number of hydrogen-bond donors (Lipinski definition) is 2. The fraction of sp³-hybridized carbons (Fsp3) is 0.182. The van der Waals surface area contributed by atoms with Gasteiger partial charge in [-0.3, -0.25) is 0 Å². The van der Waals surface area contributed by atoms with E-state index in [1.165, 1.54) is 18.5 Å². The normalized spacial score (nSPS) is 11.5.